The molecule has 0 fully saturated rings. The average Bonchev–Trinajstić information content (AvgIpc) is 3.20. The van der Waals surface area contributed by atoms with Crippen molar-refractivity contribution in [2.75, 3.05) is 14.2 Å². The second-order valence-corrected chi connectivity index (χ2v) is 6.97. The quantitative estimate of drug-likeness (QED) is 0.424. The van der Waals surface area contributed by atoms with E-state index in [1.54, 1.807) is 57.2 Å². The molecule has 6 heteroatoms. The first-order valence-electron chi connectivity index (χ1n) is 9.52. The number of carbonyl (C=O) groups excluding carboxylic acids is 1. The van der Waals surface area contributed by atoms with Crippen molar-refractivity contribution >= 4 is 11.9 Å². The van der Waals surface area contributed by atoms with E-state index in [1.165, 1.54) is 0 Å². The smallest absolute Gasteiger partial charge is 0.175 e. The molecular formula is C24H23N3O3. The van der Waals surface area contributed by atoms with Crippen LogP contribution in [0.3, 0.4) is 0 Å². The van der Waals surface area contributed by atoms with Gasteiger partial charge in [-0.3, -0.25) is 4.79 Å². The zero-order valence-electron chi connectivity index (χ0n) is 17.4. The van der Waals surface area contributed by atoms with E-state index in [0.717, 1.165) is 5.69 Å². The third kappa shape index (κ3) is 4.26. The van der Waals surface area contributed by atoms with Gasteiger partial charge in [0.2, 0.25) is 0 Å². The van der Waals surface area contributed by atoms with Crippen LogP contribution in [0.1, 0.15) is 19.4 Å². The lowest BCUT2D eigenvalue weighted by Crippen LogP contribution is -2.08. The highest BCUT2D eigenvalue weighted by Gasteiger charge is 2.19. The third-order valence-electron chi connectivity index (χ3n) is 4.64. The van der Waals surface area contributed by atoms with Crippen molar-refractivity contribution in [2.24, 2.45) is 5.92 Å². The van der Waals surface area contributed by atoms with Crippen molar-refractivity contribution in [3.05, 3.63) is 65.9 Å². The number of nitriles is 1. The number of nitrogens with zero attached hydrogens (tertiary/aromatic N) is 3. The summed E-state index contributed by atoms with van der Waals surface area (Å²) < 4.78 is 12.6. The SMILES string of the molecule is COc1ccc(OC)c(-c2nn(-c3ccccc3)cc2/C=C(\C#N)C(=O)C(C)C)c1. The summed E-state index contributed by atoms with van der Waals surface area (Å²) in [5.74, 6) is 0.759. The minimum absolute atomic E-state index is 0.0840. The van der Waals surface area contributed by atoms with Gasteiger partial charge in [-0.1, -0.05) is 32.0 Å². The van der Waals surface area contributed by atoms with E-state index in [0.29, 0.717) is 28.3 Å². The normalized spacial score (nSPS) is 11.3. The van der Waals surface area contributed by atoms with Crippen LogP contribution in [0.5, 0.6) is 11.5 Å². The Bertz CT molecular complexity index is 1120. The summed E-state index contributed by atoms with van der Waals surface area (Å²) in [6.07, 6.45) is 3.39. The number of hydrogen-bond donors (Lipinski definition) is 0. The molecule has 30 heavy (non-hydrogen) atoms. The molecule has 1 heterocycles. The zero-order valence-corrected chi connectivity index (χ0v) is 17.4. The van der Waals surface area contributed by atoms with E-state index >= 15 is 0 Å². The maximum atomic E-state index is 12.5. The third-order valence-corrected chi connectivity index (χ3v) is 4.64. The fourth-order valence-electron chi connectivity index (χ4n) is 3.04. The highest BCUT2D eigenvalue weighted by Crippen LogP contribution is 2.36. The molecule has 2 aromatic carbocycles. The number of ketones is 1. The molecule has 3 rings (SSSR count). The molecule has 0 spiro atoms. The molecule has 0 aliphatic carbocycles. The van der Waals surface area contributed by atoms with Crippen LogP contribution in [0.25, 0.3) is 23.0 Å². The van der Waals surface area contributed by atoms with Gasteiger partial charge in [-0.05, 0) is 36.4 Å². The number of aromatic nitrogens is 2. The number of Topliss-reactive ketones (excluding diaryl/α,β-unsaturated/α-hetero) is 1. The lowest BCUT2D eigenvalue weighted by atomic mass is 9.98. The molecule has 0 radical (unpaired) electrons. The summed E-state index contributed by atoms with van der Waals surface area (Å²) in [5, 5.41) is 14.3. The van der Waals surface area contributed by atoms with Crippen molar-refractivity contribution in [3.8, 4) is 34.5 Å². The van der Waals surface area contributed by atoms with Gasteiger partial charge in [0.25, 0.3) is 0 Å². The van der Waals surface area contributed by atoms with E-state index in [4.69, 9.17) is 14.6 Å². The molecule has 1 aromatic heterocycles. The van der Waals surface area contributed by atoms with Gasteiger partial charge in [-0.15, -0.1) is 0 Å². The Morgan fingerprint density at radius 3 is 2.47 bits per heavy atom. The molecule has 0 N–H and O–H groups in total. The first-order chi connectivity index (χ1) is 14.5. The van der Waals surface area contributed by atoms with Gasteiger partial charge in [0, 0.05) is 23.2 Å². The van der Waals surface area contributed by atoms with Crippen molar-refractivity contribution < 1.29 is 14.3 Å². The Morgan fingerprint density at radius 1 is 1.13 bits per heavy atom. The number of benzene rings is 2. The molecular weight excluding hydrogens is 378 g/mol. The first kappa shape index (κ1) is 20.9. The number of hydrogen-bond acceptors (Lipinski definition) is 5. The molecule has 0 saturated heterocycles. The van der Waals surface area contributed by atoms with Gasteiger partial charge >= 0.3 is 0 Å². The predicted octanol–water partition coefficient (Wildman–Crippen LogP) is 4.69. The van der Waals surface area contributed by atoms with E-state index in [-0.39, 0.29) is 17.3 Å². The van der Waals surface area contributed by atoms with E-state index in [1.807, 2.05) is 42.5 Å². The zero-order chi connectivity index (χ0) is 21.7. The fraction of sp³-hybridized carbons (Fsp3) is 0.208. The molecule has 0 aliphatic heterocycles. The van der Waals surface area contributed by atoms with Crippen molar-refractivity contribution in [1.29, 1.82) is 5.26 Å². The Morgan fingerprint density at radius 2 is 1.87 bits per heavy atom. The van der Waals surface area contributed by atoms with Gasteiger partial charge in [-0.25, -0.2) is 4.68 Å². The molecule has 0 bridgehead atoms. The number of allylic oxidation sites excluding steroid dienone is 1. The minimum Gasteiger partial charge on any atom is -0.497 e. The number of carbonyl (C=O) groups is 1. The summed E-state index contributed by atoms with van der Waals surface area (Å²) in [6, 6.07) is 17.1. The van der Waals surface area contributed by atoms with Gasteiger partial charge < -0.3 is 9.47 Å². The number of para-hydroxylation sites is 1. The van der Waals surface area contributed by atoms with Crippen molar-refractivity contribution in [2.45, 2.75) is 13.8 Å². The second-order valence-electron chi connectivity index (χ2n) is 6.97. The Balaban J connectivity index is 2.25. The summed E-state index contributed by atoms with van der Waals surface area (Å²) in [6.45, 7) is 3.54. The molecule has 3 aromatic rings. The highest BCUT2D eigenvalue weighted by molar-refractivity contribution is 6.04. The lowest BCUT2D eigenvalue weighted by molar-refractivity contribution is -0.117. The van der Waals surface area contributed by atoms with Crippen LogP contribution in [0.15, 0.2) is 60.3 Å². The van der Waals surface area contributed by atoms with Gasteiger partial charge in [0.1, 0.15) is 23.3 Å². The van der Waals surface area contributed by atoms with Crippen LogP contribution >= 0.6 is 0 Å². The molecule has 0 atom stereocenters. The summed E-state index contributed by atoms with van der Waals surface area (Å²) >= 11 is 0. The molecule has 0 saturated carbocycles. The fourth-order valence-corrected chi connectivity index (χ4v) is 3.04. The van der Waals surface area contributed by atoms with Crippen LogP contribution in [0.2, 0.25) is 0 Å². The van der Waals surface area contributed by atoms with Crippen LogP contribution < -0.4 is 9.47 Å². The highest BCUT2D eigenvalue weighted by atomic mass is 16.5. The van der Waals surface area contributed by atoms with Crippen LogP contribution in [0, 0.1) is 17.2 Å². The van der Waals surface area contributed by atoms with Gasteiger partial charge in [0.05, 0.1) is 25.5 Å². The Hall–Kier alpha value is -3.85. The molecule has 0 aliphatic rings. The van der Waals surface area contributed by atoms with Crippen molar-refractivity contribution in [1.82, 2.24) is 9.78 Å². The Labute approximate surface area is 176 Å². The molecule has 152 valence electrons. The minimum atomic E-state index is -0.283. The lowest BCUT2D eigenvalue weighted by Gasteiger charge is -2.10. The molecule has 6 nitrogen and oxygen atoms in total. The van der Waals surface area contributed by atoms with E-state index < -0.39 is 0 Å². The van der Waals surface area contributed by atoms with E-state index in [2.05, 4.69) is 0 Å². The average molecular weight is 401 g/mol. The van der Waals surface area contributed by atoms with Gasteiger partial charge in [-0.2, -0.15) is 10.4 Å². The largest absolute Gasteiger partial charge is 0.497 e. The van der Waals surface area contributed by atoms with Crippen LogP contribution in [-0.4, -0.2) is 29.8 Å². The van der Waals surface area contributed by atoms with E-state index in [9.17, 15) is 10.1 Å². The monoisotopic (exact) mass is 401 g/mol. The topological polar surface area (TPSA) is 77.1 Å². The first-order valence-corrected chi connectivity index (χ1v) is 9.52. The molecule has 0 amide bonds. The molecule has 0 unspecified atom stereocenters. The maximum Gasteiger partial charge on any atom is 0.175 e. The predicted molar refractivity (Wildman–Crippen MR) is 116 cm³/mol. The van der Waals surface area contributed by atoms with Crippen LogP contribution in [0.4, 0.5) is 0 Å². The standard InChI is InChI=1S/C24H23N3O3/c1-16(2)24(28)17(14-25)12-18-15-27(19-8-6-5-7-9-19)26-23(18)21-13-20(29-3)10-11-22(21)30-4/h5-13,15-16H,1-4H3/b17-12+. The number of methoxy groups -OCH3 is 2. The Kier molecular flexibility index (Phi) is 6.33. The summed E-state index contributed by atoms with van der Waals surface area (Å²) in [7, 11) is 3.17. The maximum absolute atomic E-state index is 12.5. The van der Waals surface area contributed by atoms with Crippen molar-refractivity contribution in [3.63, 3.8) is 0 Å². The summed E-state index contributed by atoms with van der Waals surface area (Å²) in [4.78, 5) is 12.5. The number of rotatable bonds is 7. The van der Waals surface area contributed by atoms with Gasteiger partial charge in [0.15, 0.2) is 5.78 Å². The number of ether oxygens (including phenoxy) is 2. The summed E-state index contributed by atoms with van der Waals surface area (Å²) in [5.41, 5.74) is 2.86. The van der Waals surface area contributed by atoms with Crippen LogP contribution in [-0.2, 0) is 4.79 Å². The second kappa shape index (κ2) is 9.10.